The Bertz CT molecular complexity index is 952. The maximum atomic E-state index is 13.5. The fourth-order valence-corrected chi connectivity index (χ4v) is 5.60. The van der Waals surface area contributed by atoms with Gasteiger partial charge in [0.15, 0.2) is 5.11 Å². The first-order valence-corrected chi connectivity index (χ1v) is 12.1. The molecule has 4 rings (SSSR count). The van der Waals surface area contributed by atoms with Gasteiger partial charge < -0.3 is 15.0 Å². The molecule has 1 saturated heterocycles. The first kappa shape index (κ1) is 22.1. The number of thioether (sulfide) groups is 1. The minimum atomic E-state index is -0.178. The zero-order valence-corrected chi connectivity index (χ0v) is 19.4. The normalized spacial score (nSPS) is 19.2. The number of thiocarbonyl (C=S) groups is 1. The molecule has 164 valence electrons. The predicted molar refractivity (Wildman–Crippen MR) is 131 cm³/mol. The summed E-state index contributed by atoms with van der Waals surface area (Å²) in [5.41, 5.74) is 3.39. The Hall–Kier alpha value is -2.09. The second-order valence-corrected chi connectivity index (χ2v) is 9.22. The van der Waals surface area contributed by atoms with Crippen LogP contribution in [0.4, 0.5) is 4.39 Å². The molecule has 2 aliphatic heterocycles. The van der Waals surface area contributed by atoms with Crippen LogP contribution in [0.1, 0.15) is 22.9 Å². The number of benzene rings is 2. The summed E-state index contributed by atoms with van der Waals surface area (Å²) >= 11 is 7.38. The summed E-state index contributed by atoms with van der Waals surface area (Å²) in [5.74, 6) is 1.80. The molecule has 2 aromatic carbocycles. The molecule has 0 spiro atoms. The van der Waals surface area contributed by atoms with Gasteiger partial charge in [0.1, 0.15) is 23.5 Å². The van der Waals surface area contributed by atoms with Crippen LogP contribution >= 0.6 is 24.0 Å². The van der Waals surface area contributed by atoms with Crippen molar-refractivity contribution in [1.82, 2.24) is 15.1 Å². The van der Waals surface area contributed by atoms with Crippen molar-refractivity contribution in [3.63, 3.8) is 0 Å². The summed E-state index contributed by atoms with van der Waals surface area (Å²) < 4.78 is 19.7. The van der Waals surface area contributed by atoms with Gasteiger partial charge in [-0.2, -0.15) is 0 Å². The fraction of sp³-hybridized carbons (Fsp3) is 0.375. The largest absolute Gasteiger partial charge is 0.492 e. The molecular weight excluding hydrogens is 429 g/mol. The molecule has 1 unspecified atom stereocenters. The van der Waals surface area contributed by atoms with Crippen molar-refractivity contribution >= 4 is 34.7 Å². The van der Waals surface area contributed by atoms with Crippen LogP contribution in [0.15, 0.2) is 54.6 Å². The molecule has 0 amide bonds. The monoisotopic (exact) mass is 457 g/mol. The van der Waals surface area contributed by atoms with E-state index in [2.05, 4.69) is 33.3 Å². The van der Waals surface area contributed by atoms with Crippen LogP contribution in [0.5, 0.6) is 5.75 Å². The van der Waals surface area contributed by atoms with Crippen molar-refractivity contribution in [2.75, 3.05) is 45.6 Å². The molecule has 7 heteroatoms. The van der Waals surface area contributed by atoms with Gasteiger partial charge in [0.25, 0.3) is 0 Å². The molecule has 0 aliphatic carbocycles. The molecule has 2 aliphatic rings. The number of halogens is 1. The summed E-state index contributed by atoms with van der Waals surface area (Å²) in [6.07, 6.45) is 3.13. The summed E-state index contributed by atoms with van der Waals surface area (Å²) in [6.45, 7) is 4.25. The lowest BCUT2D eigenvalue weighted by molar-refractivity contribution is 0.220. The average molecular weight is 458 g/mol. The van der Waals surface area contributed by atoms with Crippen LogP contribution < -0.4 is 10.1 Å². The maximum absolute atomic E-state index is 13.5. The molecule has 0 saturated carbocycles. The number of nitrogens with one attached hydrogen (secondary N) is 1. The Balaban J connectivity index is 1.33. The van der Waals surface area contributed by atoms with E-state index in [9.17, 15) is 4.39 Å². The van der Waals surface area contributed by atoms with E-state index < -0.39 is 0 Å². The number of ether oxygens (including phenoxy) is 1. The first-order valence-electron chi connectivity index (χ1n) is 10.6. The molecule has 4 nitrogen and oxygen atoms in total. The Labute approximate surface area is 193 Å². The third kappa shape index (κ3) is 5.40. The number of rotatable bonds is 6. The van der Waals surface area contributed by atoms with Gasteiger partial charge in [-0.3, -0.25) is 4.90 Å². The maximum Gasteiger partial charge on any atom is 0.169 e. The predicted octanol–water partition coefficient (Wildman–Crippen LogP) is 4.55. The van der Waals surface area contributed by atoms with Crippen LogP contribution in [-0.2, 0) is 0 Å². The molecule has 1 fully saturated rings. The van der Waals surface area contributed by atoms with E-state index in [0.717, 1.165) is 54.8 Å². The zero-order chi connectivity index (χ0) is 21.6. The summed E-state index contributed by atoms with van der Waals surface area (Å²) in [7, 11) is 1.87. The van der Waals surface area contributed by atoms with Gasteiger partial charge in [0, 0.05) is 44.5 Å². The molecule has 2 aromatic rings. The van der Waals surface area contributed by atoms with Gasteiger partial charge >= 0.3 is 0 Å². The van der Waals surface area contributed by atoms with E-state index in [0.29, 0.717) is 6.61 Å². The van der Waals surface area contributed by atoms with Crippen LogP contribution in [-0.4, -0.2) is 60.5 Å². The Morgan fingerprint density at radius 3 is 2.87 bits per heavy atom. The zero-order valence-electron chi connectivity index (χ0n) is 17.7. The van der Waals surface area contributed by atoms with Crippen LogP contribution in [0.25, 0.3) is 5.57 Å². The Morgan fingerprint density at radius 2 is 2.10 bits per heavy atom. The first-order chi connectivity index (χ1) is 15.2. The quantitative estimate of drug-likeness (QED) is 0.640. The highest BCUT2D eigenvalue weighted by Crippen LogP contribution is 2.41. The van der Waals surface area contributed by atoms with E-state index in [1.54, 1.807) is 12.1 Å². The second-order valence-electron chi connectivity index (χ2n) is 7.65. The fourth-order valence-electron chi connectivity index (χ4n) is 4.04. The third-order valence-corrected chi connectivity index (χ3v) is 7.39. The molecule has 1 N–H and O–H groups in total. The van der Waals surface area contributed by atoms with Gasteiger partial charge in [-0.15, -0.1) is 11.8 Å². The summed E-state index contributed by atoms with van der Waals surface area (Å²) in [4.78, 5) is 4.60. The summed E-state index contributed by atoms with van der Waals surface area (Å²) in [6, 6.07) is 15.1. The molecule has 2 heterocycles. The van der Waals surface area contributed by atoms with E-state index in [-0.39, 0.29) is 11.2 Å². The summed E-state index contributed by atoms with van der Waals surface area (Å²) in [5, 5.41) is 4.06. The number of hydrogen-bond donors (Lipinski definition) is 1. The average Bonchev–Trinajstić information content (AvgIpc) is 3.29. The van der Waals surface area contributed by atoms with Crippen molar-refractivity contribution in [3.8, 4) is 5.75 Å². The van der Waals surface area contributed by atoms with Gasteiger partial charge in [-0.05, 0) is 48.0 Å². The van der Waals surface area contributed by atoms with Gasteiger partial charge in [-0.1, -0.05) is 36.4 Å². The highest BCUT2D eigenvalue weighted by Gasteiger charge is 2.30. The third-order valence-electron chi connectivity index (χ3n) is 5.70. The number of para-hydroxylation sites is 1. The van der Waals surface area contributed by atoms with Gasteiger partial charge in [-0.25, -0.2) is 4.39 Å². The molecule has 1 atom stereocenters. The highest BCUT2D eigenvalue weighted by atomic mass is 32.2. The van der Waals surface area contributed by atoms with Crippen molar-refractivity contribution in [3.05, 3.63) is 71.6 Å². The molecule has 31 heavy (non-hydrogen) atoms. The van der Waals surface area contributed by atoms with Gasteiger partial charge in [0.05, 0.1) is 0 Å². The lowest BCUT2D eigenvalue weighted by atomic mass is 9.99. The Morgan fingerprint density at radius 1 is 1.23 bits per heavy atom. The van der Waals surface area contributed by atoms with E-state index in [1.165, 1.54) is 17.2 Å². The molecule has 0 bridgehead atoms. The van der Waals surface area contributed by atoms with Crippen molar-refractivity contribution in [1.29, 1.82) is 0 Å². The molecule has 0 radical (unpaired) electrons. The topological polar surface area (TPSA) is 27.7 Å². The highest BCUT2D eigenvalue weighted by molar-refractivity contribution is 7.99. The number of hydrogen-bond acceptors (Lipinski definition) is 4. The lowest BCUT2D eigenvalue weighted by Crippen LogP contribution is -2.37. The van der Waals surface area contributed by atoms with E-state index in [1.807, 2.05) is 37.0 Å². The van der Waals surface area contributed by atoms with Crippen molar-refractivity contribution < 1.29 is 9.13 Å². The Kier molecular flexibility index (Phi) is 7.48. The SMILES string of the molecule is CNC(=S)N1CCSC1c1ccccc1OCCN1CC=C(c2cccc(F)c2)CC1. The van der Waals surface area contributed by atoms with Crippen LogP contribution in [0, 0.1) is 5.82 Å². The lowest BCUT2D eigenvalue weighted by Gasteiger charge is -2.28. The number of nitrogens with zero attached hydrogens (tertiary/aromatic N) is 2. The van der Waals surface area contributed by atoms with Crippen molar-refractivity contribution in [2.45, 2.75) is 11.8 Å². The minimum Gasteiger partial charge on any atom is -0.492 e. The van der Waals surface area contributed by atoms with Crippen LogP contribution in [0.2, 0.25) is 0 Å². The van der Waals surface area contributed by atoms with Crippen molar-refractivity contribution in [2.24, 2.45) is 0 Å². The van der Waals surface area contributed by atoms with E-state index >= 15 is 0 Å². The van der Waals surface area contributed by atoms with E-state index in [4.69, 9.17) is 17.0 Å². The smallest absolute Gasteiger partial charge is 0.169 e. The minimum absolute atomic E-state index is 0.178. The standard InChI is InChI=1S/C24H28FN3OS2/c1-26-24(30)28-14-16-31-23(28)21-7-2-3-8-22(21)29-15-13-27-11-9-18(10-12-27)19-5-4-6-20(25)17-19/h2-9,17,23H,10-16H2,1H3,(H,26,30). The van der Waals surface area contributed by atoms with Gasteiger partial charge in [0.2, 0.25) is 0 Å². The molecular formula is C24H28FN3OS2. The second kappa shape index (κ2) is 10.5. The molecule has 0 aromatic heterocycles. The van der Waals surface area contributed by atoms with Crippen LogP contribution in [0.3, 0.4) is 0 Å².